The molecule has 0 aliphatic carbocycles. The first kappa shape index (κ1) is 29.6. The number of hydrogen-bond acceptors (Lipinski definition) is 4. The lowest BCUT2D eigenvalue weighted by molar-refractivity contribution is -0.448. The van der Waals surface area contributed by atoms with E-state index < -0.39 is 58.7 Å². The highest BCUT2D eigenvalue weighted by molar-refractivity contribution is 7.82. The summed E-state index contributed by atoms with van der Waals surface area (Å²) in [7, 11) is -8.72. The van der Waals surface area contributed by atoms with Crippen molar-refractivity contribution in [2.75, 3.05) is 0 Å². The van der Waals surface area contributed by atoms with Gasteiger partial charge in [-0.25, -0.2) is 8.37 Å². The Morgan fingerprint density at radius 1 is 0.355 bits per heavy atom. The first-order valence-electron chi connectivity index (χ1n) is 5.98. The molecule has 0 atom stereocenters. The predicted molar refractivity (Wildman–Crippen MR) is 52.9 cm³/mol. The fourth-order valence-corrected chi connectivity index (χ4v) is 2.78. The van der Waals surface area contributed by atoms with Gasteiger partial charge in [-0.1, -0.05) is 0 Å². The summed E-state index contributed by atoms with van der Waals surface area (Å²) in [6, 6.07) is 0. The van der Waals surface area contributed by atoms with E-state index in [-0.39, 0.29) is 0 Å². The van der Waals surface area contributed by atoms with Crippen molar-refractivity contribution < 1.29 is 95.8 Å². The summed E-state index contributed by atoms with van der Waals surface area (Å²) in [6.07, 6.45) is -48.4. The van der Waals surface area contributed by atoms with Gasteiger partial charge in [-0.2, -0.15) is 87.4 Å². The number of hydrogen-bond donors (Lipinski definition) is 0. The first-order valence-corrected chi connectivity index (χ1v) is 7.31. The van der Waals surface area contributed by atoms with Gasteiger partial charge < -0.3 is 0 Å². The molecule has 0 saturated carbocycles. The van der Waals surface area contributed by atoms with Crippen molar-refractivity contribution in [1.82, 2.24) is 0 Å². The lowest BCUT2D eigenvalue weighted by Gasteiger charge is -2.39. The van der Waals surface area contributed by atoms with E-state index in [9.17, 15) is 87.4 Å². The Morgan fingerprint density at radius 2 is 0.484 bits per heavy atom. The molecular formula is C8F18O4S. The van der Waals surface area contributed by atoms with E-state index in [1.807, 2.05) is 0 Å². The highest BCUT2D eigenvalue weighted by atomic mass is 32.3. The maximum Gasteiger partial charge on any atom is 0.437 e. The van der Waals surface area contributed by atoms with E-state index >= 15 is 0 Å². The fourth-order valence-electron chi connectivity index (χ4n) is 1.57. The third-order valence-corrected chi connectivity index (χ3v) is 3.76. The van der Waals surface area contributed by atoms with Crippen molar-refractivity contribution in [3.05, 3.63) is 0 Å². The van der Waals surface area contributed by atoms with E-state index in [0.29, 0.717) is 0 Å². The van der Waals surface area contributed by atoms with Crippen molar-refractivity contribution >= 4 is 10.4 Å². The van der Waals surface area contributed by atoms with Crippen molar-refractivity contribution in [1.29, 1.82) is 0 Å². The van der Waals surface area contributed by atoms with Crippen LogP contribution in [0.4, 0.5) is 79.0 Å². The maximum absolute atomic E-state index is 12.5. The molecule has 188 valence electrons. The Hall–Kier alpha value is -1.39. The Labute approximate surface area is 156 Å². The van der Waals surface area contributed by atoms with Crippen LogP contribution < -0.4 is 0 Å². The molecule has 0 radical (unpaired) electrons. The van der Waals surface area contributed by atoms with E-state index in [1.165, 1.54) is 8.37 Å². The maximum atomic E-state index is 12.5. The van der Waals surface area contributed by atoms with Crippen LogP contribution in [-0.4, -0.2) is 56.7 Å². The number of halogens is 18. The van der Waals surface area contributed by atoms with Crippen LogP contribution >= 0.6 is 0 Å². The van der Waals surface area contributed by atoms with Crippen molar-refractivity contribution in [2.24, 2.45) is 0 Å². The second-order valence-electron chi connectivity index (χ2n) is 4.92. The molecule has 0 N–H and O–H groups in total. The van der Waals surface area contributed by atoms with Crippen molar-refractivity contribution in [3.63, 3.8) is 0 Å². The van der Waals surface area contributed by atoms with Gasteiger partial charge in [0, 0.05) is 0 Å². The Kier molecular flexibility index (Phi) is 6.99. The van der Waals surface area contributed by atoms with Crippen LogP contribution in [0.1, 0.15) is 0 Å². The van der Waals surface area contributed by atoms with E-state index in [1.54, 1.807) is 0 Å². The summed E-state index contributed by atoms with van der Waals surface area (Å²) in [6.45, 7) is 0. The lowest BCUT2D eigenvalue weighted by atomic mass is 10.0. The summed E-state index contributed by atoms with van der Waals surface area (Å²) in [5.41, 5.74) is -16.2. The summed E-state index contributed by atoms with van der Waals surface area (Å²) >= 11 is 0. The van der Waals surface area contributed by atoms with Gasteiger partial charge in [-0.15, -0.1) is 0 Å². The Balaban J connectivity index is 7.13. The molecule has 0 spiro atoms. The lowest BCUT2D eigenvalue weighted by Crippen LogP contribution is -2.71. The molecule has 0 fully saturated rings. The molecule has 31 heavy (non-hydrogen) atoms. The Morgan fingerprint density at radius 3 is 0.581 bits per heavy atom. The smallest absolute Gasteiger partial charge is 0.212 e. The number of rotatable bonds is 4. The average Bonchev–Trinajstić information content (AvgIpc) is 2.33. The number of alkyl halides is 18. The normalized spacial score (nSPS) is 16.6. The highest BCUT2D eigenvalue weighted by Gasteiger charge is 2.90. The molecule has 0 aliphatic heterocycles. The van der Waals surface area contributed by atoms with Crippen molar-refractivity contribution in [2.45, 2.75) is 48.3 Å². The predicted octanol–water partition coefficient (Wildman–Crippen LogP) is 5.12. The summed E-state index contributed by atoms with van der Waals surface area (Å²) < 4.78 is 249. The van der Waals surface area contributed by atoms with E-state index in [0.717, 1.165) is 0 Å². The van der Waals surface area contributed by atoms with Crippen LogP contribution in [0.25, 0.3) is 0 Å². The molecule has 0 unspecified atom stereocenters. The van der Waals surface area contributed by atoms with Crippen LogP contribution in [0.15, 0.2) is 0 Å². The zero-order chi connectivity index (χ0) is 25.9. The second-order valence-corrected chi connectivity index (χ2v) is 6.07. The van der Waals surface area contributed by atoms with Gasteiger partial charge in [0.1, 0.15) is 0 Å². The molecule has 0 amide bonds. The molecular weight excluding hydrogens is 534 g/mol. The minimum Gasteiger partial charge on any atom is -0.212 e. The fraction of sp³-hybridized carbons (Fsp3) is 1.00. The molecule has 0 saturated heterocycles. The molecule has 0 aromatic carbocycles. The van der Waals surface area contributed by atoms with Gasteiger partial charge in [-0.3, -0.25) is 0 Å². The molecule has 0 heterocycles. The van der Waals surface area contributed by atoms with E-state index in [4.69, 9.17) is 0 Å². The Bertz CT molecular complexity index is 612. The second kappa shape index (κ2) is 7.31. The first-order chi connectivity index (χ1) is 12.9. The summed E-state index contributed by atoms with van der Waals surface area (Å²) in [5.74, 6) is 0. The standard InChI is InChI=1S/C8F18O4S/c9-3(10,11)1(4(12,13)14,5(15,16)17)29-31(27,28)30-2(6(18,19)20,7(21,22)23)8(24,25)26. The minimum atomic E-state index is -8.72. The molecule has 4 nitrogen and oxygen atoms in total. The van der Waals surface area contributed by atoms with Gasteiger partial charge in [0.15, 0.2) is 0 Å². The van der Waals surface area contributed by atoms with Crippen LogP contribution in [0.3, 0.4) is 0 Å². The average molecular weight is 534 g/mol. The quantitative estimate of drug-likeness (QED) is 0.471. The molecule has 0 rings (SSSR count). The van der Waals surface area contributed by atoms with Crippen LogP contribution in [0.5, 0.6) is 0 Å². The summed E-state index contributed by atoms with van der Waals surface area (Å²) in [4.78, 5) is 0. The zero-order valence-electron chi connectivity index (χ0n) is 12.8. The van der Waals surface area contributed by atoms with E-state index in [2.05, 4.69) is 0 Å². The van der Waals surface area contributed by atoms with Crippen LogP contribution in [0, 0.1) is 0 Å². The largest absolute Gasteiger partial charge is 0.437 e. The minimum absolute atomic E-state index is 1.43. The highest BCUT2D eigenvalue weighted by Crippen LogP contribution is 2.59. The van der Waals surface area contributed by atoms with Crippen molar-refractivity contribution in [3.8, 4) is 0 Å². The zero-order valence-corrected chi connectivity index (χ0v) is 13.7. The molecule has 0 aromatic heterocycles. The van der Waals surface area contributed by atoms with Gasteiger partial charge in [0.05, 0.1) is 0 Å². The van der Waals surface area contributed by atoms with Gasteiger partial charge >= 0.3 is 58.7 Å². The van der Waals surface area contributed by atoms with Crippen LogP contribution in [-0.2, 0) is 18.8 Å². The van der Waals surface area contributed by atoms with Crippen LogP contribution in [0.2, 0.25) is 0 Å². The van der Waals surface area contributed by atoms with Gasteiger partial charge in [-0.05, 0) is 0 Å². The molecule has 0 aliphatic rings. The third kappa shape index (κ3) is 4.85. The SMILES string of the molecule is O=S(=O)(OC(C(F)(F)F)(C(F)(F)F)C(F)(F)F)OC(C(F)(F)F)(C(F)(F)F)C(F)(F)F. The molecule has 0 aromatic rings. The van der Waals surface area contributed by atoms with Gasteiger partial charge in [0.25, 0.3) is 0 Å². The third-order valence-electron chi connectivity index (χ3n) is 2.85. The topological polar surface area (TPSA) is 52.6 Å². The molecule has 23 heteroatoms. The van der Waals surface area contributed by atoms with Gasteiger partial charge in [0.2, 0.25) is 0 Å². The summed E-state index contributed by atoms with van der Waals surface area (Å²) in [5, 5.41) is 0. The monoisotopic (exact) mass is 534 g/mol. The molecule has 0 bridgehead atoms.